The van der Waals surface area contributed by atoms with E-state index in [-0.39, 0.29) is 16.9 Å². The van der Waals surface area contributed by atoms with E-state index in [9.17, 15) is 13.2 Å². The molecule has 2 saturated carbocycles. The third kappa shape index (κ3) is 3.60. The van der Waals surface area contributed by atoms with Gasteiger partial charge in [-0.25, -0.2) is 0 Å². The largest absolute Gasteiger partial charge is 0.433 e. The van der Waals surface area contributed by atoms with Crippen molar-refractivity contribution in [2.75, 3.05) is 6.54 Å². The molecule has 0 spiro atoms. The Morgan fingerprint density at radius 2 is 1.93 bits per heavy atom. The lowest BCUT2D eigenvalue weighted by Gasteiger charge is -2.39. The van der Waals surface area contributed by atoms with Gasteiger partial charge in [-0.15, -0.1) is 0 Å². The highest BCUT2D eigenvalue weighted by Crippen LogP contribution is 2.45. The lowest BCUT2D eigenvalue weighted by atomic mass is 9.68. The molecular formula is C22H21F3N4O. The fraction of sp³-hybridized carbons (Fsp3) is 0.409. The summed E-state index contributed by atoms with van der Waals surface area (Å²) in [6.07, 6.45) is 0.648. The van der Waals surface area contributed by atoms with Gasteiger partial charge in [0.25, 0.3) is 5.89 Å². The summed E-state index contributed by atoms with van der Waals surface area (Å²) in [6.45, 7) is 0.740. The number of benzene rings is 1. The summed E-state index contributed by atoms with van der Waals surface area (Å²) in [7, 11) is 0. The van der Waals surface area contributed by atoms with Crippen LogP contribution in [0, 0.1) is 0 Å². The van der Waals surface area contributed by atoms with Crippen LogP contribution in [0.25, 0.3) is 11.5 Å². The van der Waals surface area contributed by atoms with Gasteiger partial charge in [-0.1, -0.05) is 41.9 Å². The van der Waals surface area contributed by atoms with E-state index in [0.29, 0.717) is 17.8 Å². The van der Waals surface area contributed by atoms with Crippen LogP contribution >= 0.6 is 0 Å². The van der Waals surface area contributed by atoms with Gasteiger partial charge in [0, 0.05) is 35.7 Å². The second-order valence-corrected chi connectivity index (χ2v) is 8.22. The van der Waals surface area contributed by atoms with Crippen LogP contribution in [0.2, 0.25) is 0 Å². The quantitative estimate of drug-likeness (QED) is 0.633. The molecule has 0 radical (unpaired) electrons. The van der Waals surface area contributed by atoms with Crippen LogP contribution in [0.4, 0.5) is 13.2 Å². The molecule has 1 N–H and O–H groups in total. The number of alkyl halides is 3. The number of hydrogen-bond donors (Lipinski definition) is 1. The summed E-state index contributed by atoms with van der Waals surface area (Å²) in [6, 6.07) is 13.3. The van der Waals surface area contributed by atoms with Crippen LogP contribution < -0.4 is 5.32 Å². The molecule has 2 atom stereocenters. The molecule has 2 aliphatic rings. The fourth-order valence-corrected chi connectivity index (χ4v) is 4.17. The van der Waals surface area contributed by atoms with Crippen molar-refractivity contribution >= 4 is 0 Å². The Morgan fingerprint density at radius 1 is 1.13 bits per heavy atom. The predicted octanol–water partition coefficient (Wildman–Crippen LogP) is 4.72. The fourth-order valence-electron chi connectivity index (χ4n) is 4.17. The molecule has 0 bridgehead atoms. The van der Waals surface area contributed by atoms with E-state index in [2.05, 4.69) is 44.7 Å². The molecule has 3 aromatic rings. The molecule has 1 unspecified atom stereocenters. The smallest absolute Gasteiger partial charge is 0.334 e. The molecule has 2 aromatic heterocycles. The van der Waals surface area contributed by atoms with E-state index >= 15 is 0 Å². The second kappa shape index (κ2) is 7.19. The molecule has 0 saturated heterocycles. The zero-order chi connectivity index (χ0) is 20.8. The van der Waals surface area contributed by atoms with Crippen molar-refractivity contribution in [1.29, 1.82) is 0 Å². The van der Waals surface area contributed by atoms with E-state index in [0.717, 1.165) is 44.5 Å². The van der Waals surface area contributed by atoms with Crippen molar-refractivity contribution in [2.45, 2.75) is 49.2 Å². The molecule has 2 fully saturated rings. The van der Waals surface area contributed by atoms with E-state index in [1.807, 2.05) is 6.07 Å². The van der Waals surface area contributed by atoms with Crippen LogP contribution in [0.15, 0.2) is 53.2 Å². The van der Waals surface area contributed by atoms with Gasteiger partial charge in [-0.05, 0) is 37.0 Å². The van der Waals surface area contributed by atoms with Crippen LogP contribution in [0.5, 0.6) is 0 Å². The minimum absolute atomic E-state index is 0.0951. The normalized spacial score (nSPS) is 22.5. The molecular weight excluding hydrogens is 393 g/mol. The zero-order valence-electron chi connectivity index (χ0n) is 16.2. The number of nitrogens with zero attached hydrogens (tertiary/aromatic N) is 3. The van der Waals surface area contributed by atoms with Crippen molar-refractivity contribution in [1.82, 2.24) is 20.4 Å². The topological polar surface area (TPSA) is 63.8 Å². The van der Waals surface area contributed by atoms with Gasteiger partial charge < -0.3 is 9.84 Å². The first-order chi connectivity index (χ1) is 14.4. The van der Waals surface area contributed by atoms with Crippen molar-refractivity contribution in [2.24, 2.45) is 0 Å². The van der Waals surface area contributed by atoms with Gasteiger partial charge in [0.15, 0.2) is 5.82 Å². The Labute approximate surface area is 171 Å². The summed E-state index contributed by atoms with van der Waals surface area (Å²) in [5.74, 6) is 1.19. The highest BCUT2D eigenvalue weighted by Gasteiger charge is 2.46. The Balaban J connectivity index is 1.29. The summed E-state index contributed by atoms with van der Waals surface area (Å²) < 4.78 is 44.2. The Bertz CT molecular complexity index is 1030. The molecule has 5 rings (SSSR count). The molecule has 1 aromatic carbocycles. The number of nitrogens with one attached hydrogen (secondary N) is 1. The third-order valence-electron chi connectivity index (χ3n) is 6.23. The molecule has 30 heavy (non-hydrogen) atoms. The molecule has 8 heteroatoms. The van der Waals surface area contributed by atoms with Gasteiger partial charge >= 0.3 is 6.18 Å². The van der Waals surface area contributed by atoms with Crippen LogP contribution in [-0.4, -0.2) is 27.7 Å². The molecule has 0 amide bonds. The van der Waals surface area contributed by atoms with Gasteiger partial charge in [0.2, 0.25) is 0 Å². The molecule has 5 nitrogen and oxygen atoms in total. The number of hydrogen-bond acceptors (Lipinski definition) is 5. The minimum Gasteiger partial charge on any atom is -0.334 e. The average Bonchev–Trinajstić information content (AvgIpc) is 3.33. The van der Waals surface area contributed by atoms with Crippen molar-refractivity contribution in [3.8, 4) is 11.5 Å². The van der Waals surface area contributed by atoms with E-state index in [1.54, 1.807) is 0 Å². The van der Waals surface area contributed by atoms with Crippen molar-refractivity contribution < 1.29 is 17.7 Å². The number of rotatable bonds is 6. The molecule has 2 heterocycles. The summed E-state index contributed by atoms with van der Waals surface area (Å²) in [5, 5.41) is 7.77. The minimum atomic E-state index is -4.52. The lowest BCUT2D eigenvalue weighted by Crippen LogP contribution is -2.45. The van der Waals surface area contributed by atoms with E-state index < -0.39 is 11.9 Å². The molecule has 156 valence electrons. The first kappa shape index (κ1) is 19.2. The SMILES string of the molecule is FC(F)(F)c1cc(-c2nc(C3(CN[C@H]4CC4c4ccccc4)CCC3)no2)ccn1. The monoisotopic (exact) mass is 414 g/mol. The van der Waals surface area contributed by atoms with Gasteiger partial charge in [0.1, 0.15) is 5.69 Å². The highest BCUT2D eigenvalue weighted by atomic mass is 19.4. The Kier molecular flexibility index (Phi) is 4.61. The third-order valence-corrected chi connectivity index (χ3v) is 6.23. The highest BCUT2D eigenvalue weighted by molar-refractivity contribution is 5.53. The summed E-state index contributed by atoms with van der Waals surface area (Å²) >= 11 is 0. The number of pyridine rings is 1. The van der Waals surface area contributed by atoms with Crippen molar-refractivity contribution in [3.63, 3.8) is 0 Å². The van der Waals surface area contributed by atoms with Crippen LogP contribution in [-0.2, 0) is 11.6 Å². The Morgan fingerprint density at radius 3 is 2.63 bits per heavy atom. The number of aromatic nitrogens is 3. The van der Waals surface area contributed by atoms with Crippen LogP contribution in [0.1, 0.15) is 48.7 Å². The van der Waals surface area contributed by atoms with Gasteiger partial charge in [0.05, 0.1) is 0 Å². The standard InChI is InChI=1S/C22H21F3N4O/c23-22(24,25)18-11-15(7-10-26-18)19-28-20(29-30-19)21(8-4-9-21)13-27-17-12-16(17)14-5-2-1-3-6-14/h1-3,5-7,10-11,16-17,27H,4,8-9,12-13H2/t16?,17-/m0/s1. The zero-order valence-corrected chi connectivity index (χ0v) is 16.2. The maximum atomic E-state index is 12.9. The maximum Gasteiger partial charge on any atom is 0.433 e. The summed E-state index contributed by atoms with van der Waals surface area (Å²) in [4.78, 5) is 7.84. The van der Waals surface area contributed by atoms with Gasteiger partial charge in [-0.3, -0.25) is 4.98 Å². The molecule has 2 aliphatic carbocycles. The summed E-state index contributed by atoms with van der Waals surface area (Å²) in [5.41, 5.74) is 0.383. The lowest BCUT2D eigenvalue weighted by molar-refractivity contribution is -0.141. The maximum absolute atomic E-state index is 12.9. The second-order valence-electron chi connectivity index (χ2n) is 8.22. The Hall–Kier alpha value is -2.74. The van der Waals surface area contributed by atoms with Crippen LogP contribution in [0.3, 0.4) is 0 Å². The van der Waals surface area contributed by atoms with Gasteiger partial charge in [-0.2, -0.15) is 18.2 Å². The average molecular weight is 414 g/mol. The first-order valence-corrected chi connectivity index (χ1v) is 10.1. The molecule has 0 aliphatic heterocycles. The predicted molar refractivity (Wildman–Crippen MR) is 104 cm³/mol. The van der Waals surface area contributed by atoms with Crippen molar-refractivity contribution in [3.05, 3.63) is 65.7 Å². The number of halogens is 3. The van der Waals surface area contributed by atoms with E-state index in [1.165, 1.54) is 11.6 Å². The van der Waals surface area contributed by atoms with E-state index in [4.69, 9.17) is 4.52 Å². The first-order valence-electron chi connectivity index (χ1n) is 10.1.